The number of allylic oxidation sites excluding steroid dienone is 18. The van der Waals surface area contributed by atoms with Crippen molar-refractivity contribution < 1.29 is 0 Å². The fourth-order valence-electron chi connectivity index (χ4n) is 6.27. The highest BCUT2D eigenvalue weighted by atomic mass is 14.3. The van der Waals surface area contributed by atoms with Crippen LogP contribution in [0.3, 0.4) is 0 Å². The van der Waals surface area contributed by atoms with Gasteiger partial charge in [-0.3, -0.25) is 0 Å². The molecule has 0 fully saturated rings. The first-order chi connectivity index (χ1) is 18.8. The van der Waals surface area contributed by atoms with Crippen LogP contribution in [0.1, 0.15) is 127 Å². The highest BCUT2D eigenvalue weighted by Crippen LogP contribution is 2.42. The molecule has 1 atom stereocenters. The smallest absolute Gasteiger partial charge is 0.00285 e. The van der Waals surface area contributed by atoms with Crippen molar-refractivity contribution >= 4 is 0 Å². The maximum absolute atomic E-state index is 2.44. The van der Waals surface area contributed by atoms with Gasteiger partial charge >= 0.3 is 0 Å². The third kappa shape index (κ3) is 11.6. The Kier molecular flexibility index (Phi) is 13.7. The molecule has 2 aliphatic rings. The van der Waals surface area contributed by atoms with Gasteiger partial charge in [-0.2, -0.15) is 0 Å². The molecule has 0 radical (unpaired) electrons. The Labute approximate surface area is 249 Å². The molecular weight excluding hydrogens is 480 g/mol. The summed E-state index contributed by atoms with van der Waals surface area (Å²) in [6.07, 6.45) is 36.5. The molecule has 0 aromatic rings. The van der Waals surface area contributed by atoms with Crippen LogP contribution in [0.2, 0.25) is 0 Å². The molecule has 0 N–H and O–H groups in total. The molecule has 0 nitrogen and oxygen atoms in total. The predicted molar refractivity (Wildman–Crippen MR) is 182 cm³/mol. The molecule has 0 heterocycles. The van der Waals surface area contributed by atoms with Crippen molar-refractivity contribution in [3.63, 3.8) is 0 Å². The Morgan fingerprint density at radius 1 is 0.825 bits per heavy atom. The highest BCUT2D eigenvalue weighted by molar-refractivity contribution is 5.37. The average Bonchev–Trinajstić information content (AvgIpc) is 2.85. The van der Waals surface area contributed by atoms with Crippen LogP contribution in [-0.4, -0.2) is 0 Å². The van der Waals surface area contributed by atoms with Crippen LogP contribution in [0, 0.1) is 16.7 Å². The number of rotatable bonds is 12. The lowest BCUT2D eigenvalue weighted by atomic mass is 9.68. The van der Waals surface area contributed by atoms with Gasteiger partial charge < -0.3 is 0 Å². The molecule has 0 aromatic carbocycles. The predicted octanol–water partition coefficient (Wildman–Crippen LogP) is 12.9. The summed E-state index contributed by atoms with van der Waals surface area (Å²) >= 11 is 0. The quantitative estimate of drug-likeness (QED) is 0.131. The SMILES string of the molecule is CC1=CCCC(C)(C)[C@H]1/C=C/C(C)=C/CC/C(C)=C/CC\C=C(C)/C=C/C=C(C)/C=C/C1=C(C)CCCC1(C)C. The molecule has 2 aliphatic carbocycles. The molecule has 40 heavy (non-hydrogen) atoms. The average molecular weight is 541 g/mol. The summed E-state index contributed by atoms with van der Waals surface area (Å²) in [5.41, 5.74) is 10.8. The molecule has 0 aromatic heterocycles. The molecular formula is C40H60. The van der Waals surface area contributed by atoms with Crippen LogP contribution in [0.15, 0.2) is 106 Å². The monoisotopic (exact) mass is 540 g/mol. The second kappa shape index (κ2) is 16.2. The fraction of sp³-hybridized carbons (Fsp3) is 0.550. The zero-order chi connectivity index (χ0) is 29.8. The fourth-order valence-corrected chi connectivity index (χ4v) is 6.27. The molecule has 0 bridgehead atoms. The summed E-state index contributed by atoms with van der Waals surface area (Å²) < 4.78 is 0. The summed E-state index contributed by atoms with van der Waals surface area (Å²) in [7, 11) is 0. The lowest BCUT2D eigenvalue weighted by Gasteiger charge is -2.36. The maximum atomic E-state index is 2.44. The molecule has 2 rings (SSSR count). The van der Waals surface area contributed by atoms with Crippen LogP contribution < -0.4 is 0 Å². The second-order valence-corrected chi connectivity index (χ2v) is 13.9. The maximum Gasteiger partial charge on any atom is 0.00285 e. The molecule has 0 saturated heterocycles. The first kappa shape index (κ1) is 33.9. The molecule has 0 unspecified atom stereocenters. The van der Waals surface area contributed by atoms with Gasteiger partial charge in [0, 0.05) is 5.92 Å². The Bertz CT molecular complexity index is 1110. The van der Waals surface area contributed by atoms with Crippen LogP contribution in [0.25, 0.3) is 0 Å². The van der Waals surface area contributed by atoms with E-state index in [0.717, 1.165) is 25.7 Å². The first-order valence-corrected chi connectivity index (χ1v) is 15.9. The van der Waals surface area contributed by atoms with Crippen molar-refractivity contribution in [1.29, 1.82) is 0 Å². The molecule has 0 aliphatic heterocycles. The van der Waals surface area contributed by atoms with Crippen LogP contribution in [0.4, 0.5) is 0 Å². The second-order valence-electron chi connectivity index (χ2n) is 13.9. The van der Waals surface area contributed by atoms with Crippen molar-refractivity contribution in [1.82, 2.24) is 0 Å². The van der Waals surface area contributed by atoms with Gasteiger partial charge in [0.25, 0.3) is 0 Å². The Balaban J connectivity index is 1.76. The van der Waals surface area contributed by atoms with E-state index in [1.54, 1.807) is 5.57 Å². The van der Waals surface area contributed by atoms with Gasteiger partial charge in [0.05, 0.1) is 0 Å². The van der Waals surface area contributed by atoms with Gasteiger partial charge in [0.15, 0.2) is 0 Å². The molecule has 0 heteroatoms. The number of hydrogen-bond donors (Lipinski definition) is 0. The molecule has 220 valence electrons. The van der Waals surface area contributed by atoms with Crippen molar-refractivity contribution in [2.45, 2.75) is 127 Å². The molecule has 0 amide bonds. The normalized spacial score (nSPS) is 23.1. The van der Waals surface area contributed by atoms with E-state index in [1.165, 1.54) is 65.5 Å². The largest absolute Gasteiger partial charge is 0.0853 e. The summed E-state index contributed by atoms with van der Waals surface area (Å²) in [6, 6.07) is 0. The first-order valence-electron chi connectivity index (χ1n) is 15.9. The van der Waals surface area contributed by atoms with Crippen LogP contribution >= 0.6 is 0 Å². The van der Waals surface area contributed by atoms with Crippen LogP contribution in [-0.2, 0) is 0 Å². The summed E-state index contributed by atoms with van der Waals surface area (Å²) in [5.74, 6) is 0.565. The van der Waals surface area contributed by atoms with Gasteiger partial charge in [-0.15, -0.1) is 0 Å². The van der Waals surface area contributed by atoms with Crippen molar-refractivity contribution in [2.75, 3.05) is 0 Å². The van der Waals surface area contributed by atoms with E-state index in [0.29, 0.717) is 16.7 Å². The summed E-state index contributed by atoms with van der Waals surface area (Å²) in [5, 5.41) is 0. The van der Waals surface area contributed by atoms with Gasteiger partial charge in [-0.05, 0) is 116 Å². The van der Waals surface area contributed by atoms with E-state index in [1.807, 2.05) is 0 Å². The lowest BCUT2D eigenvalue weighted by Crippen LogP contribution is -2.26. The van der Waals surface area contributed by atoms with Crippen molar-refractivity contribution in [2.24, 2.45) is 16.7 Å². The van der Waals surface area contributed by atoms with Gasteiger partial charge in [-0.1, -0.05) is 128 Å². The Morgan fingerprint density at radius 2 is 1.50 bits per heavy atom. The van der Waals surface area contributed by atoms with E-state index in [4.69, 9.17) is 0 Å². The van der Waals surface area contributed by atoms with Crippen LogP contribution in [0.5, 0.6) is 0 Å². The van der Waals surface area contributed by atoms with Crippen molar-refractivity contribution in [3.8, 4) is 0 Å². The third-order valence-corrected chi connectivity index (χ3v) is 9.04. The standard InChI is InChI=1S/C40H60/c1-31(19-13-21-33(3)25-27-37-35(5)23-15-29-39(37,7)8)17-11-12-18-32(2)20-14-22-34(4)26-28-38-36(6)24-16-30-40(38,9)10/h13,17-19,21-22,24-28,38H,11-12,14-16,20,23,29-30H2,1-10H3/b19-13+,27-25+,28-26+,31-17-,32-18+,33-21+,34-22+/t38-/m0/s1. The van der Waals surface area contributed by atoms with E-state index in [2.05, 4.69) is 136 Å². The minimum Gasteiger partial charge on any atom is -0.0853 e. The van der Waals surface area contributed by atoms with E-state index >= 15 is 0 Å². The summed E-state index contributed by atoms with van der Waals surface area (Å²) in [6.45, 7) is 23.1. The molecule has 0 spiro atoms. The minimum absolute atomic E-state index is 0.303. The zero-order valence-corrected chi connectivity index (χ0v) is 27.8. The van der Waals surface area contributed by atoms with E-state index in [9.17, 15) is 0 Å². The topological polar surface area (TPSA) is 0 Å². The van der Waals surface area contributed by atoms with Gasteiger partial charge in [0.2, 0.25) is 0 Å². The molecule has 0 saturated carbocycles. The van der Waals surface area contributed by atoms with Crippen molar-refractivity contribution in [3.05, 3.63) is 106 Å². The van der Waals surface area contributed by atoms with E-state index in [-0.39, 0.29) is 0 Å². The zero-order valence-electron chi connectivity index (χ0n) is 27.8. The van der Waals surface area contributed by atoms with Gasteiger partial charge in [-0.25, -0.2) is 0 Å². The Morgan fingerprint density at radius 3 is 2.20 bits per heavy atom. The highest BCUT2D eigenvalue weighted by Gasteiger charge is 2.30. The van der Waals surface area contributed by atoms with Gasteiger partial charge in [0.1, 0.15) is 0 Å². The Hall–Kier alpha value is -2.34. The number of hydrogen-bond acceptors (Lipinski definition) is 0. The third-order valence-electron chi connectivity index (χ3n) is 9.04. The number of unbranched alkanes of at least 4 members (excludes halogenated alkanes) is 1. The lowest BCUT2D eigenvalue weighted by molar-refractivity contribution is 0.255. The minimum atomic E-state index is 0.303. The van der Waals surface area contributed by atoms with E-state index < -0.39 is 0 Å². The summed E-state index contributed by atoms with van der Waals surface area (Å²) in [4.78, 5) is 0.